The monoisotopic (exact) mass is 301 g/mol. The standard InChI is InChI=1S/C17H16FNO3/c1-12-10-21-16-9-5-3-7-14(16)19(12)17(20)11-22-15-8-4-2-6-13(15)18/h2-9,12H,10-11H2,1H3. The summed E-state index contributed by atoms with van der Waals surface area (Å²) in [6, 6.07) is 13.3. The summed E-state index contributed by atoms with van der Waals surface area (Å²) in [4.78, 5) is 14.1. The van der Waals surface area contributed by atoms with Gasteiger partial charge in [-0.3, -0.25) is 9.69 Å². The molecule has 0 N–H and O–H groups in total. The van der Waals surface area contributed by atoms with E-state index in [2.05, 4.69) is 0 Å². The highest BCUT2D eigenvalue weighted by atomic mass is 19.1. The van der Waals surface area contributed by atoms with Crippen LogP contribution in [-0.4, -0.2) is 25.2 Å². The van der Waals surface area contributed by atoms with Crippen LogP contribution in [0.15, 0.2) is 48.5 Å². The van der Waals surface area contributed by atoms with Crippen molar-refractivity contribution in [3.8, 4) is 11.5 Å². The summed E-state index contributed by atoms with van der Waals surface area (Å²) in [5.41, 5.74) is 0.711. The highest BCUT2D eigenvalue weighted by Gasteiger charge is 2.29. The molecule has 0 aromatic heterocycles. The first-order valence-electron chi connectivity index (χ1n) is 7.08. The molecular formula is C17H16FNO3. The lowest BCUT2D eigenvalue weighted by molar-refractivity contribution is -0.121. The molecule has 114 valence electrons. The number of nitrogens with zero attached hydrogens (tertiary/aromatic N) is 1. The molecule has 1 unspecified atom stereocenters. The lowest BCUT2D eigenvalue weighted by Gasteiger charge is -2.34. The Morgan fingerprint density at radius 3 is 2.82 bits per heavy atom. The number of ether oxygens (including phenoxy) is 2. The highest BCUT2D eigenvalue weighted by Crippen LogP contribution is 2.33. The Kier molecular flexibility index (Phi) is 3.96. The van der Waals surface area contributed by atoms with Gasteiger partial charge in [-0.25, -0.2) is 4.39 Å². The highest BCUT2D eigenvalue weighted by molar-refractivity contribution is 5.96. The number of fused-ring (bicyclic) bond motifs is 1. The summed E-state index contributed by atoms with van der Waals surface area (Å²) < 4.78 is 24.4. The maximum atomic E-state index is 13.5. The van der Waals surface area contributed by atoms with E-state index < -0.39 is 5.82 Å². The number of para-hydroxylation sites is 3. The largest absolute Gasteiger partial charge is 0.489 e. The quantitative estimate of drug-likeness (QED) is 0.874. The van der Waals surface area contributed by atoms with Crippen molar-refractivity contribution in [3.63, 3.8) is 0 Å². The van der Waals surface area contributed by atoms with Gasteiger partial charge in [-0.1, -0.05) is 24.3 Å². The fraction of sp³-hybridized carbons (Fsp3) is 0.235. The smallest absolute Gasteiger partial charge is 0.265 e. The molecule has 22 heavy (non-hydrogen) atoms. The lowest BCUT2D eigenvalue weighted by Crippen LogP contribution is -2.47. The molecule has 1 atom stereocenters. The molecule has 0 aliphatic carbocycles. The van der Waals surface area contributed by atoms with E-state index in [9.17, 15) is 9.18 Å². The minimum atomic E-state index is -0.481. The van der Waals surface area contributed by atoms with E-state index in [0.717, 1.165) is 0 Å². The molecule has 0 spiro atoms. The molecular weight excluding hydrogens is 285 g/mol. The fourth-order valence-corrected chi connectivity index (χ4v) is 2.45. The summed E-state index contributed by atoms with van der Waals surface area (Å²) in [5, 5.41) is 0. The number of hydrogen-bond donors (Lipinski definition) is 0. The van der Waals surface area contributed by atoms with Gasteiger partial charge in [0.25, 0.3) is 5.91 Å². The minimum absolute atomic E-state index is 0.0741. The van der Waals surface area contributed by atoms with Crippen molar-refractivity contribution in [2.24, 2.45) is 0 Å². The van der Waals surface area contributed by atoms with Crippen LogP contribution in [0.1, 0.15) is 6.92 Å². The van der Waals surface area contributed by atoms with Gasteiger partial charge < -0.3 is 9.47 Å². The minimum Gasteiger partial charge on any atom is -0.489 e. The van der Waals surface area contributed by atoms with Crippen molar-refractivity contribution in [2.75, 3.05) is 18.1 Å². The number of carbonyl (C=O) groups excluding carboxylic acids is 1. The first kappa shape index (κ1) is 14.4. The van der Waals surface area contributed by atoms with E-state index in [1.165, 1.54) is 12.1 Å². The Balaban J connectivity index is 1.76. The van der Waals surface area contributed by atoms with Gasteiger partial charge in [0.05, 0.1) is 11.7 Å². The third-order valence-corrected chi connectivity index (χ3v) is 3.50. The maximum absolute atomic E-state index is 13.5. The van der Waals surface area contributed by atoms with Crippen molar-refractivity contribution >= 4 is 11.6 Å². The Labute approximate surface area is 128 Å². The first-order chi connectivity index (χ1) is 10.7. The summed E-state index contributed by atoms with van der Waals surface area (Å²) >= 11 is 0. The average Bonchev–Trinajstić information content (AvgIpc) is 2.53. The number of anilines is 1. The summed E-state index contributed by atoms with van der Waals surface area (Å²) in [7, 11) is 0. The summed E-state index contributed by atoms with van der Waals surface area (Å²) in [6.07, 6.45) is 0. The van der Waals surface area contributed by atoms with Crippen molar-refractivity contribution in [1.82, 2.24) is 0 Å². The van der Waals surface area contributed by atoms with Crippen LogP contribution in [0.3, 0.4) is 0 Å². The number of benzene rings is 2. The normalized spacial score (nSPS) is 16.6. The Morgan fingerprint density at radius 2 is 2.00 bits per heavy atom. The molecule has 1 heterocycles. The predicted molar refractivity (Wildman–Crippen MR) is 80.8 cm³/mol. The van der Waals surface area contributed by atoms with Gasteiger partial charge in [0.15, 0.2) is 18.2 Å². The van der Waals surface area contributed by atoms with Crippen LogP contribution in [0.25, 0.3) is 0 Å². The van der Waals surface area contributed by atoms with E-state index in [0.29, 0.717) is 18.0 Å². The van der Waals surface area contributed by atoms with Crippen LogP contribution in [0.4, 0.5) is 10.1 Å². The van der Waals surface area contributed by atoms with Gasteiger partial charge in [0.2, 0.25) is 0 Å². The molecule has 2 aromatic rings. The van der Waals surface area contributed by atoms with Gasteiger partial charge >= 0.3 is 0 Å². The van der Waals surface area contributed by atoms with Gasteiger partial charge in [-0.15, -0.1) is 0 Å². The van der Waals surface area contributed by atoms with Gasteiger partial charge in [0.1, 0.15) is 12.4 Å². The molecule has 0 radical (unpaired) electrons. The Morgan fingerprint density at radius 1 is 1.27 bits per heavy atom. The zero-order chi connectivity index (χ0) is 15.5. The molecule has 5 heteroatoms. The van der Waals surface area contributed by atoms with Gasteiger partial charge in [-0.2, -0.15) is 0 Å². The van der Waals surface area contributed by atoms with E-state index >= 15 is 0 Å². The van der Waals surface area contributed by atoms with E-state index in [1.54, 1.807) is 17.0 Å². The second-order valence-electron chi connectivity index (χ2n) is 5.11. The third-order valence-electron chi connectivity index (χ3n) is 3.50. The molecule has 0 saturated carbocycles. The number of carbonyl (C=O) groups is 1. The number of halogens is 1. The third kappa shape index (κ3) is 2.74. The van der Waals surface area contributed by atoms with Crippen molar-refractivity contribution < 1.29 is 18.7 Å². The second kappa shape index (κ2) is 6.05. The lowest BCUT2D eigenvalue weighted by atomic mass is 10.1. The van der Waals surface area contributed by atoms with Crippen LogP contribution in [0.5, 0.6) is 11.5 Å². The van der Waals surface area contributed by atoms with Crippen LogP contribution >= 0.6 is 0 Å². The SMILES string of the molecule is CC1COc2ccccc2N1C(=O)COc1ccccc1F. The molecule has 1 aliphatic heterocycles. The van der Waals surface area contributed by atoms with Crippen LogP contribution in [0, 0.1) is 5.82 Å². The molecule has 3 rings (SSSR count). The summed E-state index contributed by atoms with van der Waals surface area (Å²) in [6.45, 7) is 2.10. The second-order valence-corrected chi connectivity index (χ2v) is 5.11. The number of hydrogen-bond acceptors (Lipinski definition) is 3. The fourth-order valence-electron chi connectivity index (χ4n) is 2.45. The molecule has 1 aliphatic rings. The van der Waals surface area contributed by atoms with E-state index in [-0.39, 0.29) is 24.3 Å². The molecule has 4 nitrogen and oxygen atoms in total. The topological polar surface area (TPSA) is 38.8 Å². The number of amides is 1. The Hall–Kier alpha value is -2.56. The molecule has 0 saturated heterocycles. The van der Waals surface area contributed by atoms with Crippen molar-refractivity contribution in [2.45, 2.75) is 13.0 Å². The summed E-state index contributed by atoms with van der Waals surface area (Å²) in [5.74, 6) is 0.0297. The van der Waals surface area contributed by atoms with Gasteiger partial charge in [0, 0.05) is 0 Å². The van der Waals surface area contributed by atoms with E-state index in [1.807, 2.05) is 31.2 Å². The number of rotatable bonds is 3. The molecule has 0 fully saturated rings. The predicted octanol–water partition coefficient (Wildman–Crippen LogP) is 3.02. The van der Waals surface area contributed by atoms with Crippen LogP contribution < -0.4 is 14.4 Å². The zero-order valence-corrected chi connectivity index (χ0v) is 12.2. The maximum Gasteiger partial charge on any atom is 0.265 e. The first-order valence-corrected chi connectivity index (χ1v) is 7.08. The van der Waals surface area contributed by atoms with Crippen molar-refractivity contribution in [3.05, 3.63) is 54.3 Å². The zero-order valence-electron chi connectivity index (χ0n) is 12.2. The molecule has 0 bridgehead atoms. The molecule has 2 aromatic carbocycles. The molecule has 1 amide bonds. The van der Waals surface area contributed by atoms with Crippen LogP contribution in [-0.2, 0) is 4.79 Å². The van der Waals surface area contributed by atoms with E-state index in [4.69, 9.17) is 9.47 Å². The Bertz CT molecular complexity index is 689. The average molecular weight is 301 g/mol. The van der Waals surface area contributed by atoms with Crippen LogP contribution in [0.2, 0.25) is 0 Å². The van der Waals surface area contributed by atoms with Gasteiger partial charge in [-0.05, 0) is 31.2 Å². The van der Waals surface area contributed by atoms with Crippen molar-refractivity contribution in [1.29, 1.82) is 0 Å².